The van der Waals surface area contributed by atoms with Gasteiger partial charge in [0.25, 0.3) is 0 Å². The lowest BCUT2D eigenvalue weighted by atomic mass is 10.2. The molecule has 0 spiro atoms. The minimum absolute atomic E-state index is 0.0636. The van der Waals surface area contributed by atoms with E-state index in [-0.39, 0.29) is 5.95 Å². The molecule has 5 nitrogen and oxygen atoms in total. The molecular weight excluding hydrogens is 351 g/mol. The zero-order valence-electron chi connectivity index (χ0n) is 12.9. The summed E-state index contributed by atoms with van der Waals surface area (Å²) in [5.41, 5.74) is 1.39. The Kier molecular flexibility index (Phi) is 3.60. The highest BCUT2D eigenvalue weighted by Gasteiger charge is 2.36. The van der Waals surface area contributed by atoms with Crippen molar-refractivity contribution >= 4 is 38.4 Å². The molecule has 0 fully saturated rings. The molecule has 0 aliphatic heterocycles. The van der Waals surface area contributed by atoms with E-state index in [2.05, 4.69) is 25.3 Å². The van der Waals surface area contributed by atoms with E-state index in [0.29, 0.717) is 5.65 Å². The number of nitrogens with one attached hydrogen (secondary N) is 2. The minimum atomic E-state index is -4.36. The maximum absolute atomic E-state index is 12.6. The van der Waals surface area contributed by atoms with Crippen LogP contribution in [-0.2, 0) is 0 Å². The van der Waals surface area contributed by atoms with Crippen LogP contribution in [0.5, 0.6) is 0 Å². The Hall–Kier alpha value is -2.68. The standard InChI is InChI=1S/C16H12F3N5S/c1-8(16(17,18)19)23-15-22-7-11-10(6-21-14(11)24-15)13-4-9-5-20-3-2-12(9)25-13/h2-8H,1H3,(H2,21,22,23,24)/t8-/m1/s1. The third kappa shape index (κ3) is 2.91. The molecule has 4 aromatic rings. The van der Waals surface area contributed by atoms with Crippen molar-refractivity contribution in [3.8, 4) is 10.4 Å². The Bertz CT molecular complexity index is 1020. The van der Waals surface area contributed by atoms with Gasteiger partial charge in [0.15, 0.2) is 0 Å². The van der Waals surface area contributed by atoms with E-state index < -0.39 is 12.2 Å². The van der Waals surface area contributed by atoms with Crippen LogP contribution in [-0.4, -0.2) is 32.2 Å². The van der Waals surface area contributed by atoms with Gasteiger partial charge in [0.1, 0.15) is 11.7 Å². The number of thiophene rings is 1. The van der Waals surface area contributed by atoms with E-state index in [4.69, 9.17) is 0 Å². The number of fused-ring (bicyclic) bond motifs is 2. The summed E-state index contributed by atoms with van der Waals surface area (Å²) in [5, 5.41) is 4.06. The molecule has 0 aliphatic rings. The van der Waals surface area contributed by atoms with Crippen LogP contribution in [0.2, 0.25) is 0 Å². The number of anilines is 1. The molecule has 25 heavy (non-hydrogen) atoms. The lowest BCUT2D eigenvalue weighted by molar-refractivity contribution is -0.138. The van der Waals surface area contributed by atoms with Gasteiger partial charge < -0.3 is 10.3 Å². The van der Waals surface area contributed by atoms with Gasteiger partial charge in [-0.05, 0) is 19.1 Å². The Morgan fingerprint density at radius 3 is 2.88 bits per heavy atom. The van der Waals surface area contributed by atoms with Gasteiger partial charge in [0.2, 0.25) is 5.95 Å². The summed E-state index contributed by atoms with van der Waals surface area (Å²) in [6.45, 7) is 1.03. The molecule has 4 aromatic heterocycles. The highest BCUT2D eigenvalue weighted by atomic mass is 32.1. The van der Waals surface area contributed by atoms with Crippen molar-refractivity contribution in [3.05, 3.63) is 36.9 Å². The number of rotatable bonds is 3. The third-order valence-corrected chi connectivity index (χ3v) is 5.00. The number of hydrogen-bond acceptors (Lipinski definition) is 5. The monoisotopic (exact) mass is 363 g/mol. The molecule has 0 radical (unpaired) electrons. The van der Waals surface area contributed by atoms with Crippen LogP contribution in [0.3, 0.4) is 0 Å². The van der Waals surface area contributed by atoms with Crippen molar-refractivity contribution < 1.29 is 13.2 Å². The van der Waals surface area contributed by atoms with Gasteiger partial charge in [0, 0.05) is 50.7 Å². The van der Waals surface area contributed by atoms with Gasteiger partial charge >= 0.3 is 6.18 Å². The first-order chi connectivity index (χ1) is 11.9. The second-order valence-corrected chi connectivity index (χ2v) is 6.67. The molecule has 0 aliphatic carbocycles. The fourth-order valence-corrected chi connectivity index (χ4v) is 3.53. The van der Waals surface area contributed by atoms with E-state index in [1.807, 2.05) is 12.1 Å². The summed E-state index contributed by atoms with van der Waals surface area (Å²) >= 11 is 1.61. The normalized spacial score (nSPS) is 13.4. The molecule has 128 valence electrons. The molecule has 0 aromatic carbocycles. The average Bonchev–Trinajstić information content (AvgIpc) is 3.16. The topological polar surface area (TPSA) is 66.5 Å². The fourth-order valence-electron chi connectivity index (χ4n) is 2.47. The van der Waals surface area contributed by atoms with Crippen LogP contribution in [0.1, 0.15) is 6.92 Å². The van der Waals surface area contributed by atoms with E-state index in [1.54, 1.807) is 29.9 Å². The van der Waals surface area contributed by atoms with Gasteiger partial charge in [-0.3, -0.25) is 4.98 Å². The SMILES string of the molecule is C[C@@H](Nc1ncc2c(-c3cc4cnccc4s3)c[nH]c2n1)C(F)(F)F. The molecule has 2 N–H and O–H groups in total. The highest BCUT2D eigenvalue weighted by Crippen LogP contribution is 2.36. The average molecular weight is 363 g/mol. The van der Waals surface area contributed by atoms with Crippen LogP contribution in [0.15, 0.2) is 36.9 Å². The molecule has 1 atom stereocenters. The number of halogens is 3. The second-order valence-electron chi connectivity index (χ2n) is 5.59. The summed E-state index contributed by atoms with van der Waals surface area (Å²) < 4.78 is 39.0. The van der Waals surface area contributed by atoms with Crippen molar-refractivity contribution in [3.63, 3.8) is 0 Å². The number of H-pyrrole nitrogens is 1. The van der Waals surface area contributed by atoms with Crippen LogP contribution in [0.25, 0.3) is 31.6 Å². The first-order valence-corrected chi connectivity index (χ1v) is 8.25. The third-order valence-electron chi connectivity index (χ3n) is 3.85. The smallest absolute Gasteiger partial charge is 0.345 e. The number of alkyl halides is 3. The molecule has 4 heterocycles. The van der Waals surface area contributed by atoms with Gasteiger partial charge in [0.05, 0.1) is 0 Å². The van der Waals surface area contributed by atoms with Gasteiger partial charge in [-0.1, -0.05) is 0 Å². The van der Waals surface area contributed by atoms with Gasteiger partial charge in [-0.2, -0.15) is 18.2 Å². The molecule has 0 saturated heterocycles. The van der Waals surface area contributed by atoms with Crippen LogP contribution in [0.4, 0.5) is 19.1 Å². The number of aromatic nitrogens is 4. The molecule has 0 amide bonds. The molecule has 0 unspecified atom stereocenters. The van der Waals surface area contributed by atoms with Crippen molar-refractivity contribution in [2.24, 2.45) is 0 Å². The highest BCUT2D eigenvalue weighted by molar-refractivity contribution is 7.22. The first kappa shape index (κ1) is 15.8. The zero-order chi connectivity index (χ0) is 17.6. The number of pyridine rings is 1. The maximum atomic E-state index is 12.6. The summed E-state index contributed by atoms with van der Waals surface area (Å²) in [6.07, 6.45) is 2.49. The van der Waals surface area contributed by atoms with Crippen molar-refractivity contribution in [2.45, 2.75) is 19.1 Å². The lowest BCUT2D eigenvalue weighted by Crippen LogP contribution is -2.33. The number of aromatic amines is 1. The molecule has 0 saturated carbocycles. The maximum Gasteiger partial charge on any atom is 0.408 e. The number of hydrogen-bond donors (Lipinski definition) is 2. The fraction of sp³-hybridized carbons (Fsp3) is 0.188. The summed E-state index contributed by atoms with van der Waals surface area (Å²) in [4.78, 5) is 16.3. The van der Waals surface area contributed by atoms with Crippen LogP contribution in [0, 0.1) is 0 Å². The van der Waals surface area contributed by atoms with Crippen molar-refractivity contribution in [2.75, 3.05) is 5.32 Å². The van der Waals surface area contributed by atoms with E-state index in [9.17, 15) is 13.2 Å². The molecule has 0 bridgehead atoms. The largest absolute Gasteiger partial charge is 0.408 e. The minimum Gasteiger partial charge on any atom is -0.345 e. The van der Waals surface area contributed by atoms with E-state index in [0.717, 1.165) is 32.8 Å². The van der Waals surface area contributed by atoms with Gasteiger partial charge in [-0.25, -0.2) is 4.98 Å². The van der Waals surface area contributed by atoms with Crippen LogP contribution < -0.4 is 5.32 Å². The van der Waals surface area contributed by atoms with E-state index in [1.165, 1.54) is 6.20 Å². The molecule has 9 heteroatoms. The van der Waals surface area contributed by atoms with Gasteiger partial charge in [-0.15, -0.1) is 11.3 Å². The van der Waals surface area contributed by atoms with E-state index >= 15 is 0 Å². The predicted octanol–water partition coefficient (Wildman–Crippen LogP) is 4.60. The summed E-state index contributed by atoms with van der Waals surface area (Å²) in [5.74, 6) is -0.0636. The quantitative estimate of drug-likeness (QED) is 0.558. The second kappa shape index (κ2) is 5.69. The van der Waals surface area contributed by atoms with Crippen molar-refractivity contribution in [1.29, 1.82) is 0 Å². The summed E-state index contributed by atoms with van der Waals surface area (Å²) in [7, 11) is 0. The van der Waals surface area contributed by atoms with Crippen molar-refractivity contribution in [1.82, 2.24) is 19.9 Å². The molecular formula is C16H12F3N5S. The number of nitrogens with zero attached hydrogens (tertiary/aromatic N) is 3. The Labute approximate surface area is 144 Å². The summed E-state index contributed by atoms with van der Waals surface area (Å²) in [6, 6.07) is 2.23. The Morgan fingerprint density at radius 2 is 2.12 bits per heavy atom. The first-order valence-electron chi connectivity index (χ1n) is 7.43. The Morgan fingerprint density at radius 1 is 1.28 bits per heavy atom. The molecule has 4 rings (SSSR count). The Balaban J connectivity index is 1.70. The zero-order valence-corrected chi connectivity index (χ0v) is 13.7. The predicted molar refractivity (Wildman–Crippen MR) is 91.6 cm³/mol. The van der Waals surface area contributed by atoms with Crippen LogP contribution >= 0.6 is 11.3 Å². The lowest BCUT2D eigenvalue weighted by Gasteiger charge is -2.16.